The van der Waals surface area contributed by atoms with Gasteiger partial charge in [-0.2, -0.15) is 13.2 Å². The Bertz CT molecular complexity index is 1260. The summed E-state index contributed by atoms with van der Waals surface area (Å²) in [4.78, 5) is 31.8. The summed E-state index contributed by atoms with van der Waals surface area (Å²) in [5.41, 5.74) is 0.662. The molecule has 0 spiro atoms. The SMILES string of the molecule is COc1cc(NC(=O)N(OC(=O)C(F)(F)F)[C@@H]2CC[C@@]3(c4ccc(OC)c(OC)c4)CCN(C)[C@H]3C2)ccc1F. The quantitative estimate of drug-likeness (QED) is 0.391. The Morgan fingerprint density at radius 2 is 1.70 bits per heavy atom. The smallest absolute Gasteiger partial charge is 0.493 e. The average Bonchev–Trinajstić information content (AvgIpc) is 3.28. The van der Waals surface area contributed by atoms with E-state index >= 15 is 0 Å². The zero-order valence-electron chi connectivity index (χ0n) is 22.5. The Hall–Kier alpha value is -3.74. The lowest BCUT2D eigenvalue weighted by atomic mass is 9.65. The molecule has 1 saturated carbocycles. The molecule has 2 amide bonds. The summed E-state index contributed by atoms with van der Waals surface area (Å²) in [7, 11) is 6.21. The van der Waals surface area contributed by atoms with Crippen LogP contribution < -0.4 is 19.5 Å². The van der Waals surface area contributed by atoms with Gasteiger partial charge in [0.1, 0.15) is 0 Å². The van der Waals surface area contributed by atoms with E-state index in [2.05, 4.69) is 15.1 Å². The molecule has 2 aromatic rings. The number of fused-ring (bicyclic) bond motifs is 1. The number of amides is 2. The fourth-order valence-corrected chi connectivity index (χ4v) is 5.80. The lowest BCUT2D eigenvalue weighted by Gasteiger charge is -2.46. The van der Waals surface area contributed by atoms with Gasteiger partial charge in [0.05, 0.1) is 27.4 Å². The summed E-state index contributed by atoms with van der Waals surface area (Å²) in [5.74, 6) is -2.26. The number of nitrogens with zero attached hydrogens (tertiary/aromatic N) is 2. The first kappa shape index (κ1) is 29.2. The van der Waals surface area contributed by atoms with Crippen LogP contribution in [0.1, 0.15) is 31.2 Å². The lowest BCUT2D eigenvalue weighted by molar-refractivity contribution is -0.235. The van der Waals surface area contributed by atoms with E-state index in [0.717, 1.165) is 24.6 Å². The van der Waals surface area contributed by atoms with Crippen LogP contribution in [0.3, 0.4) is 0 Å². The van der Waals surface area contributed by atoms with E-state index < -0.39 is 30.0 Å². The molecule has 0 radical (unpaired) electrons. The summed E-state index contributed by atoms with van der Waals surface area (Å²) in [5, 5.41) is 2.84. The van der Waals surface area contributed by atoms with Crippen LogP contribution in [0.2, 0.25) is 0 Å². The molecule has 1 heterocycles. The summed E-state index contributed by atoms with van der Waals surface area (Å²) in [6, 6.07) is 6.93. The van der Waals surface area contributed by atoms with E-state index in [9.17, 15) is 27.2 Å². The standard InChI is InChI=1S/C27H31F4N3O6/c1-33-12-11-26(16-5-8-20(37-2)22(13-16)39-4)10-9-18(15-23(26)33)34(40-24(35)27(29,30)31)25(36)32-17-6-7-19(28)21(14-17)38-3/h5-8,13-14,18,23H,9-12,15H2,1-4H3,(H,32,36)/t18-,23+,26+/m1/s1. The van der Waals surface area contributed by atoms with Crippen molar-refractivity contribution < 1.29 is 46.2 Å². The number of halogens is 4. The monoisotopic (exact) mass is 569 g/mol. The van der Waals surface area contributed by atoms with Crippen molar-refractivity contribution in [1.82, 2.24) is 9.96 Å². The van der Waals surface area contributed by atoms with Gasteiger partial charge in [-0.1, -0.05) is 6.07 Å². The van der Waals surface area contributed by atoms with Crippen LogP contribution in [0.15, 0.2) is 36.4 Å². The molecule has 9 nitrogen and oxygen atoms in total. The summed E-state index contributed by atoms with van der Waals surface area (Å²) in [6.45, 7) is 0.718. The Kier molecular flexibility index (Phi) is 8.33. The number of nitrogens with one attached hydrogen (secondary N) is 1. The van der Waals surface area contributed by atoms with Crippen molar-refractivity contribution >= 4 is 17.7 Å². The number of likely N-dealkylation sites (N-methyl/N-ethyl adjacent to an activating group) is 1. The largest absolute Gasteiger partial charge is 0.494 e. The Morgan fingerprint density at radius 1 is 1.00 bits per heavy atom. The van der Waals surface area contributed by atoms with E-state index in [4.69, 9.17) is 14.2 Å². The lowest BCUT2D eigenvalue weighted by Crippen LogP contribution is -2.54. The predicted molar refractivity (Wildman–Crippen MR) is 136 cm³/mol. The van der Waals surface area contributed by atoms with E-state index in [-0.39, 0.29) is 35.7 Å². The molecule has 0 aromatic heterocycles. The Balaban J connectivity index is 1.63. The zero-order chi connectivity index (χ0) is 29.2. The molecule has 3 atom stereocenters. The minimum atomic E-state index is -5.32. The average molecular weight is 570 g/mol. The molecule has 2 aliphatic rings. The third-order valence-corrected chi connectivity index (χ3v) is 7.80. The number of ether oxygens (including phenoxy) is 3. The van der Waals surface area contributed by atoms with Crippen LogP contribution in [0.25, 0.3) is 0 Å². The van der Waals surface area contributed by atoms with Gasteiger partial charge in [0.2, 0.25) is 0 Å². The van der Waals surface area contributed by atoms with Gasteiger partial charge in [0, 0.05) is 23.2 Å². The molecule has 0 bridgehead atoms. The molecule has 1 saturated heterocycles. The summed E-state index contributed by atoms with van der Waals surface area (Å²) < 4.78 is 69.1. The summed E-state index contributed by atoms with van der Waals surface area (Å²) in [6.07, 6.45) is -3.56. The second-order valence-corrected chi connectivity index (χ2v) is 9.88. The highest BCUT2D eigenvalue weighted by atomic mass is 19.4. The number of alkyl halides is 3. The molecule has 1 N–H and O–H groups in total. The van der Waals surface area contributed by atoms with Crippen LogP contribution in [0.4, 0.5) is 28.0 Å². The van der Waals surface area contributed by atoms with Gasteiger partial charge in [-0.25, -0.2) is 14.0 Å². The fraction of sp³-hybridized carbons (Fsp3) is 0.481. The maximum absolute atomic E-state index is 13.8. The number of methoxy groups -OCH3 is 3. The van der Waals surface area contributed by atoms with Gasteiger partial charge in [-0.05, 0) is 69.1 Å². The second kappa shape index (κ2) is 11.4. The Labute approximate surface area is 228 Å². The van der Waals surface area contributed by atoms with Gasteiger partial charge in [-0.15, -0.1) is 5.06 Å². The van der Waals surface area contributed by atoms with Crippen molar-refractivity contribution in [1.29, 1.82) is 0 Å². The number of hydrogen-bond acceptors (Lipinski definition) is 7. The highest BCUT2D eigenvalue weighted by Crippen LogP contribution is 2.50. The maximum atomic E-state index is 13.8. The molecular formula is C27H31F4N3O6. The highest BCUT2D eigenvalue weighted by molar-refractivity contribution is 5.90. The molecular weight excluding hydrogens is 538 g/mol. The number of urea groups is 1. The molecule has 0 unspecified atom stereocenters. The van der Waals surface area contributed by atoms with E-state index in [0.29, 0.717) is 23.0 Å². The molecule has 40 heavy (non-hydrogen) atoms. The molecule has 2 fully saturated rings. The van der Waals surface area contributed by atoms with Crippen molar-refractivity contribution in [2.24, 2.45) is 0 Å². The molecule has 4 rings (SSSR count). The zero-order valence-corrected chi connectivity index (χ0v) is 22.5. The first-order chi connectivity index (χ1) is 18.9. The van der Waals surface area contributed by atoms with Crippen molar-refractivity contribution in [2.45, 2.75) is 49.4 Å². The van der Waals surface area contributed by atoms with Gasteiger partial charge >= 0.3 is 18.2 Å². The normalized spacial score (nSPS) is 22.7. The number of likely N-dealkylation sites (tertiary alicyclic amines) is 1. The van der Waals surface area contributed by atoms with E-state index in [1.165, 1.54) is 33.5 Å². The first-order valence-corrected chi connectivity index (χ1v) is 12.6. The predicted octanol–water partition coefficient (Wildman–Crippen LogP) is 4.90. The van der Waals surface area contributed by atoms with Crippen LogP contribution in [0.5, 0.6) is 17.2 Å². The van der Waals surface area contributed by atoms with Crippen LogP contribution in [0, 0.1) is 5.82 Å². The van der Waals surface area contributed by atoms with Crippen molar-refractivity contribution in [3.63, 3.8) is 0 Å². The fourth-order valence-electron chi connectivity index (χ4n) is 5.80. The van der Waals surface area contributed by atoms with Crippen LogP contribution in [-0.2, 0) is 15.0 Å². The summed E-state index contributed by atoms with van der Waals surface area (Å²) >= 11 is 0. The number of carbonyl (C=O) groups excluding carboxylic acids is 2. The molecule has 2 aromatic carbocycles. The number of hydrogen-bond donors (Lipinski definition) is 1. The van der Waals surface area contributed by atoms with Gasteiger partial charge in [0.15, 0.2) is 23.1 Å². The minimum Gasteiger partial charge on any atom is -0.494 e. The minimum absolute atomic E-state index is 0.0461. The van der Waals surface area contributed by atoms with Crippen molar-refractivity contribution in [3.8, 4) is 17.2 Å². The van der Waals surface area contributed by atoms with Gasteiger partial charge in [0.25, 0.3) is 0 Å². The highest BCUT2D eigenvalue weighted by Gasteiger charge is 2.53. The molecule has 218 valence electrons. The number of carbonyl (C=O) groups is 2. The molecule has 1 aliphatic carbocycles. The van der Waals surface area contributed by atoms with Gasteiger partial charge < -0.3 is 29.3 Å². The van der Waals surface area contributed by atoms with Crippen molar-refractivity contribution in [2.75, 3.05) is 40.2 Å². The molecule has 13 heteroatoms. The van der Waals surface area contributed by atoms with Crippen LogP contribution in [-0.4, -0.2) is 75.1 Å². The van der Waals surface area contributed by atoms with E-state index in [1.807, 2.05) is 25.2 Å². The third-order valence-electron chi connectivity index (χ3n) is 7.80. The van der Waals surface area contributed by atoms with E-state index in [1.54, 1.807) is 0 Å². The molecule has 1 aliphatic heterocycles. The number of anilines is 1. The van der Waals surface area contributed by atoms with Crippen LogP contribution >= 0.6 is 0 Å². The topological polar surface area (TPSA) is 89.6 Å². The maximum Gasteiger partial charge on any atom is 0.493 e. The Morgan fingerprint density at radius 3 is 2.35 bits per heavy atom. The number of rotatable bonds is 6. The van der Waals surface area contributed by atoms with Gasteiger partial charge in [-0.3, -0.25) is 0 Å². The second-order valence-electron chi connectivity index (χ2n) is 9.88. The number of benzene rings is 2. The van der Waals surface area contributed by atoms with Crippen molar-refractivity contribution in [3.05, 3.63) is 47.8 Å². The first-order valence-electron chi connectivity index (χ1n) is 12.6. The third kappa shape index (κ3) is 5.60. The number of hydroxylamine groups is 2.